The molecule has 0 saturated carbocycles. The maximum atomic E-state index is 11.2. The fourth-order valence-corrected chi connectivity index (χ4v) is 3.85. The SMILES string of the molecule is CCOC(Cc1ccc(NCCN2CCOc3ccccc32)cc1)C(=O)O.N=C(N)NCCC[C@H](N)C(=O)O. The van der Waals surface area contributed by atoms with Gasteiger partial charge in [-0.25, -0.2) is 4.79 Å². The van der Waals surface area contributed by atoms with E-state index in [2.05, 4.69) is 21.6 Å². The minimum Gasteiger partial charge on any atom is -0.490 e. The molecule has 0 spiro atoms. The number of hydrogen-bond acceptors (Lipinski definition) is 8. The van der Waals surface area contributed by atoms with Crippen LogP contribution in [0, 0.1) is 5.41 Å². The first-order valence-electron chi connectivity index (χ1n) is 12.9. The first-order valence-corrected chi connectivity index (χ1v) is 12.9. The van der Waals surface area contributed by atoms with Crippen LogP contribution >= 0.6 is 0 Å². The predicted octanol–water partition coefficient (Wildman–Crippen LogP) is 1.69. The summed E-state index contributed by atoms with van der Waals surface area (Å²) in [6.07, 6.45) is 0.548. The summed E-state index contributed by atoms with van der Waals surface area (Å²) in [5, 5.41) is 30.3. The van der Waals surface area contributed by atoms with Crippen LogP contribution in [0.4, 0.5) is 11.4 Å². The zero-order chi connectivity index (χ0) is 28.6. The van der Waals surface area contributed by atoms with Crippen molar-refractivity contribution in [3.8, 4) is 5.75 Å². The van der Waals surface area contributed by atoms with E-state index in [4.69, 9.17) is 31.5 Å². The molecule has 0 bridgehead atoms. The number of benzene rings is 2. The Morgan fingerprint density at radius 3 is 2.49 bits per heavy atom. The molecule has 1 unspecified atom stereocenters. The number of nitrogens with one attached hydrogen (secondary N) is 3. The minimum absolute atomic E-state index is 0.112. The van der Waals surface area contributed by atoms with Gasteiger partial charge in [0, 0.05) is 38.3 Å². The second kappa shape index (κ2) is 16.7. The van der Waals surface area contributed by atoms with Crippen molar-refractivity contribution in [1.29, 1.82) is 5.41 Å². The van der Waals surface area contributed by atoms with E-state index in [1.54, 1.807) is 6.92 Å². The van der Waals surface area contributed by atoms with Gasteiger partial charge in [0.05, 0.1) is 12.2 Å². The van der Waals surface area contributed by atoms with Crippen LogP contribution in [0.3, 0.4) is 0 Å². The lowest BCUT2D eigenvalue weighted by Gasteiger charge is -2.31. The lowest BCUT2D eigenvalue weighted by molar-refractivity contribution is -0.150. The second-order valence-corrected chi connectivity index (χ2v) is 8.84. The zero-order valence-electron chi connectivity index (χ0n) is 22.3. The quantitative estimate of drug-likeness (QED) is 0.104. The molecule has 0 aliphatic carbocycles. The Balaban J connectivity index is 0.000000377. The van der Waals surface area contributed by atoms with Crippen molar-refractivity contribution in [2.45, 2.75) is 38.3 Å². The molecule has 0 fully saturated rings. The van der Waals surface area contributed by atoms with Gasteiger partial charge in [0.15, 0.2) is 12.1 Å². The number of guanidine groups is 1. The molecule has 0 amide bonds. The van der Waals surface area contributed by atoms with E-state index in [-0.39, 0.29) is 5.96 Å². The number of fused-ring (bicyclic) bond motifs is 1. The van der Waals surface area contributed by atoms with Gasteiger partial charge in [0.1, 0.15) is 18.4 Å². The number of hydrogen-bond donors (Lipinski definition) is 7. The molecule has 39 heavy (non-hydrogen) atoms. The van der Waals surface area contributed by atoms with Gasteiger partial charge in [-0.05, 0) is 49.6 Å². The summed E-state index contributed by atoms with van der Waals surface area (Å²) in [6.45, 7) is 5.95. The normalized spacial score (nSPS) is 13.5. The van der Waals surface area contributed by atoms with E-state index in [0.29, 0.717) is 39.0 Å². The van der Waals surface area contributed by atoms with Crippen molar-refractivity contribution in [1.82, 2.24) is 5.32 Å². The Morgan fingerprint density at radius 2 is 1.85 bits per heavy atom. The summed E-state index contributed by atoms with van der Waals surface area (Å²) in [7, 11) is 0. The number of carboxylic acids is 2. The van der Waals surface area contributed by atoms with E-state index in [1.165, 1.54) is 0 Å². The number of carboxylic acid groups (broad SMARTS) is 2. The monoisotopic (exact) mass is 544 g/mol. The highest BCUT2D eigenvalue weighted by Gasteiger charge is 2.18. The molecular formula is C27H40N6O6. The molecule has 3 rings (SSSR count). The van der Waals surface area contributed by atoms with Crippen LogP contribution < -0.4 is 31.7 Å². The van der Waals surface area contributed by atoms with E-state index in [1.807, 2.05) is 42.5 Å². The van der Waals surface area contributed by atoms with E-state index in [0.717, 1.165) is 42.3 Å². The third-order valence-electron chi connectivity index (χ3n) is 5.88. The van der Waals surface area contributed by atoms with Crippen LogP contribution in [-0.4, -0.2) is 79.6 Å². The minimum atomic E-state index is -1.00. The highest BCUT2D eigenvalue weighted by molar-refractivity contribution is 5.74. The summed E-state index contributed by atoms with van der Waals surface area (Å²) in [6, 6.07) is 15.1. The van der Waals surface area contributed by atoms with Gasteiger partial charge < -0.3 is 46.7 Å². The Morgan fingerprint density at radius 1 is 1.13 bits per heavy atom. The highest BCUT2D eigenvalue weighted by Crippen LogP contribution is 2.30. The van der Waals surface area contributed by atoms with E-state index < -0.39 is 24.1 Å². The Bertz CT molecular complexity index is 1050. The first kappa shape index (κ1) is 31.2. The maximum absolute atomic E-state index is 11.2. The number of nitrogens with zero attached hydrogens (tertiary/aromatic N) is 1. The van der Waals surface area contributed by atoms with Crippen LogP contribution in [0.1, 0.15) is 25.3 Å². The lowest BCUT2D eigenvalue weighted by Crippen LogP contribution is -2.36. The van der Waals surface area contributed by atoms with Crippen LogP contribution in [-0.2, 0) is 20.7 Å². The van der Waals surface area contributed by atoms with Gasteiger partial charge in [0.25, 0.3) is 0 Å². The van der Waals surface area contributed by atoms with E-state index in [9.17, 15) is 14.7 Å². The molecule has 2 aromatic rings. The lowest BCUT2D eigenvalue weighted by atomic mass is 10.1. The van der Waals surface area contributed by atoms with Crippen molar-refractivity contribution in [3.63, 3.8) is 0 Å². The average Bonchev–Trinajstić information content (AvgIpc) is 2.92. The maximum Gasteiger partial charge on any atom is 0.333 e. The van der Waals surface area contributed by atoms with Crippen LogP contribution in [0.25, 0.3) is 0 Å². The first-order chi connectivity index (χ1) is 18.7. The molecule has 1 aliphatic rings. The number of anilines is 2. The van der Waals surface area contributed by atoms with Crippen LogP contribution in [0.2, 0.25) is 0 Å². The molecular weight excluding hydrogens is 504 g/mol. The van der Waals surface area contributed by atoms with Gasteiger partial charge in [0.2, 0.25) is 0 Å². The van der Waals surface area contributed by atoms with Gasteiger partial charge in [-0.1, -0.05) is 24.3 Å². The third-order valence-corrected chi connectivity index (χ3v) is 5.88. The van der Waals surface area contributed by atoms with Crippen molar-refractivity contribution >= 4 is 29.3 Å². The van der Waals surface area contributed by atoms with Gasteiger partial charge >= 0.3 is 11.9 Å². The molecule has 12 heteroatoms. The number of ether oxygens (including phenoxy) is 2. The fourth-order valence-electron chi connectivity index (χ4n) is 3.85. The Hall–Kier alpha value is -4.03. The van der Waals surface area contributed by atoms with Crippen molar-refractivity contribution in [2.75, 3.05) is 49.6 Å². The topological polar surface area (TPSA) is 196 Å². The van der Waals surface area contributed by atoms with Crippen molar-refractivity contribution in [3.05, 3.63) is 54.1 Å². The number of aliphatic carboxylic acids is 2. The van der Waals surface area contributed by atoms with Crippen LogP contribution in [0.5, 0.6) is 5.75 Å². The van der Waals surface area contributed by atoms with Crippen LogP contribution in [0.15, 0.2) is 48.5 Å². The molecule has 12 nitrogen and oxygen atoms in total. The van der Waals surface area contributed by atoms with Crippen molar-refractivity contribution < 1.29 is 29.3 Å². The standard InChI is InChI=1S/C21H26N2O4.C6H14N4O2/c1-2-26-20(21(24)25)15-16-7-9-17(10-8-16)22-11-12-23-13-14-27-19-6-4-3-5-18(19)23;7-4(5(11)12)2-1-3-10-6(8)9/h3-10,20,22H,2,11-15H2,1H3,(H,24,25);4H,1-3,7H2,(H,11,12)(H4,8,9,10)/t;4-/m.0/s1. The van der Waals surface area contributed by atoms with Gasteiger partial charge in [-0.2, -0.15) is 0 Å². The highest BCUT2D eigenvalue weighted by atomic mass is 16.5. The largest absolute Gasteiger partial charge is 0.490 e. The second-order valence-electron chi connectivity index (χ2n) is 8.84. The predicted molar refractivity (Wildman–Crippen MR) is 151 cm³/mol. The zero-order valence-corrected chi connectivity index (χ0v) is 22.3. The molecule has 0 aromatic heterocycles. The number of carbonyl (C=O) groups is 2. The Labute approximate surface area is 228 Å². The number of para-hydroxylation sites is 2. The molecule has 1 aliphatic heterocycles. The molecule has 1 heterocycles. The molecule has 2 atom stereocenters. The molecule has 214 valence electrons. The average molecular weight is 545 g/mol. The summed E-state index contributed by atoms with van der Waals surface area (Å²) in [5.74, 6) is -1.10. The number of nitrogens with two attached hydrogens (primary N) is 2. The Kier molecular flexibility index (Phi) is 13.4. The molecule has 2 aromatic carbocycles. The van der Waals surface area contributed by atoms with Gasteiger partial charge in [-0.3, -0.25) is 10.2 Å². The summed E-state index contributed by atoms with van der Waals surface area (Å²) in [5.41, 5.74) is 13.3. The third kappa shape index (κ3) is 11.5. The smallest absolute Gasteiger partial charge is 0.333 e. The van der Waals surface area contributed by atoms with Crippen molar-refractivity contribution in [2.24, 2.45) is 11.5 Å². The molecule has 9 N–H and O–H groups in total. The molecule has 0 saturated heterocycles. The summed E-state index contributed by atoms with van der Waals surface area (Å²) >= 11 is 0. The molecule has 0 radical (unpaired) electrons. The van der Waals surface area contributed by atoms with Gasteiger partial charge in [-0.15, -0.1) is 0 Å². The summed E-state index contributed by atoms with van der Waals surface area (Å²) < 4.78 is 11.0. The fraction of sp³-hybridized carbons (Fsp3) is 0.444. The summed E-state index contributed by atoms with van der Waals surface area (Å²) in [4.78, 5) is 23.7. The number of rotatable bonds is 14. The van der Waals surface area contributed by atoms with E-state index >= 15 is 0 Å².